The van der Waals surface area contributed by atoms with Gasteiger partial charge >= 0.3 is 0 Å². The minimum Gasteiger partial charge on any atom is -0.334 e. The zero-order chi connectivity index (χ0) is 17.7. The van der Waals surface area contributed by atoms with Gasteiger partial charge in [0.15, 0.2) is 0 Å². The molecule has 0 N–H and O–H groups in total. The van der Waals surface area contributed by atoms with Crippen molar-refractivity contribution in [3.05, 3.63) is 70.3 Å². The quantitative estimate of drug-likeness (QED) is 0.436. The Morgan fingerprint density at radius 1 is 1.33 bits per heavy atom. The van der Waals surface area contributed by atoms with Gasteiger partial charge in [-0.2, -0.15) is 0 Å². The summed E-state index contributed by atoms with van der Waals surface area (Å²) in [7, 11) is 0. The summed E-state index contributed by atoms with van der Waals surface area (Å²) >= 11 is 0. The van der Waals surface area contributed by atoms with Gasteiger partial charge in [-0.15, -0.1) is 13.2 Å². The number of rotatable bonds is 7. The Bertz CT molecular complexity index is 862. The number of nitro benzene ring substituents is 1. The molecule has 1 aromatic heterocycles. The highest BCUT2D eigenvalue weighted by Crippen LogP contribution is 2.16. The number of non-ortho nitro benzene ring substituents is 1. The average Bonchev–Trinajstić information content (AvgIpc) is 2.56. The molecule has 0 aliphatic heterocycles. The number of benzene rings is 1. The third-order valence-corrected chi connectivity index (χ3v) is 3.38. The fourth-order valence-electron chi connectivity index (χ4n) is 2.21. The van der Waals surface area contributed by atoms with Crippen LogP contribution in [-0.2, 0) is 11.3 Å². The van der Waals surface area contributed by atoms with Gasteiger partial charge in [-0.3, -0.25) is 24.3 Å². The lowest BCUT2D eigenvalue weighted by Gasteiger charge is -2.19. The van der Waals surface area contributed by atoms with Gasteiger partial charge in [-0.05, 0) is 6.07 Å². The Kier molecular flexibility index (Phi) is 5.20. The van der Waals surface area contributed by atoms with E-state index in [9.17, 15) is 19.7 Å². The van der Waals surface area contributed by atoms with E-state index in [0.717, 1.165) is 10.6 Å². The van der Waals surface area contributed by atoms with Crippen LogP contribution in [0.4, 0.5) is 5.69 Å². The number of amides is 1. The maximum atomic E-state index is 12.5. The first-order valence-electron chi connectivity index (χ1n) is 7.11. The molecule has 1 aromatic carbocycles. The molecule has 124 valence electrons. The van der Waals surface area contributed by atoms with Crippen molar-refractivity contribution in [1.82, 2.24) is 14.5 Å². The first-order valence-corrected chi connectivity index (χ1v) is 7.11. The van der Waals surface area contributed by atoms with Crippen LogP contribution < -0.4 is 5.56 Å². The number of hydrogen-bond acceptors (Lipinski definition) is 5. The lowest BCUT2D eigenvalue weighted by Crippen LogP contribution is -2.36. The molecule has 0 spiro atoms. The molecule has 0 fully saturated rings. The van der Waals surface area contributed by atoms with E-state index in [2.05, 4.69) is 18.1 Å². The van der Waals surface area contributed by atoms with Gasteiger partial charge in [0.05, 0.1) is 22.2 Å². The van der Waals surface area contributed by atoms with Crippen LogP contribution in [0.3, 0.4) is 0 Å². The molecular formula is C16H16N4O4. The van der Waals surface area contributed by atoms with Crippen LogP contribution in [0.5, 0.6) is 0 Å². The molecule has 0 aliphatic rings. The van der Waals surface area contributed by atoms with E-state index in [0.29, 0.717) is 18.6 Å². The maximum Gasteiger partial charge on any atom is 0.270 e. The van der Waals surface area contributed by atoms with Gasteiger partial charge in [-0.25, -0.2) is 4.98 Å². The smallest absolute Gasteiger partial charge is 0.270 e. The van der Waals surface area contributed by atoms with Crippen LogP contribution >= 0.6 is 0 Å². The Labute approximate surface area is 137 Å². The number of carbonyl (C=O) groups excluding carboxylic acids is 1. The number of nitrogens with zero attached hydrogens (tertiary/aromatic N) is 4. The van der Waals surface area contributed by atoms with Crippen molar-refractivity contribution in [3.8, 4) is 0 Å². The summed E-state index contributed by atoms with van der Waals surface area (Å²) in [5, 5.41) is 10.9. The number of hydrogen-bond donors (Lipinski definition) is 0. The predicted octanol–water partition coefficient (Wildman–Crippen LogP) is 1.51. The van der Waals surface area contributed by atoms with Crippen LogP contribution in [0.2, 0.25) is 0 Å². The van der Waals surface area contributed by atoms with Gasteiger partial charge in [0.1, 0.15) is 6.54 Å². The molecule has 0 radical (unpaired) electrons. The second-order valence-corrected chi connectivity index (χ2v) is 5.01. The third kappa shape index (κ3) is 3.54. The third-order valence-electron chi connectivity index (χ3n) is 3.38. The number of fused-ring (bicyclic) bond motifs is 1. The minimum absolute atomic E-state index is 0.0958. The second kappa shape index (κ2) is 7.32. The van der Waals surface area contributed by atoms with E-state index in [1.165, 1.54) is 23.4 Å². The minimum atomic E-state index is -0.586. The Morgan fingerprint density at radius 3 is 2.58 bits per heavy atom. The molecular weight excluding hydrogens is 312 g/mol. The molecule has 2 aromatic rings. The standard InChI is InChI=1S/C16H16N4O4/c1-3-7-18(8-4-2)15(21)10-19-11-17-14-6-5-12(20(23)24)9-13(14)16(19)22/h3-6,9,11H,1-2,7-8,10H2. The molecule has 1 amide bonds. The first kappa shape index (κ1) is 17.1. The van der Waals surface area contributed by atoms with Gasteiger partial charge in [0, 0.05) is 25.2 Å². The maximum absolute atomic E-state index is 12.5. The van der Waals surface area contributed by atoms with Crippen LogP contribution in [0.1, 0.15) is 0 Å². The van der Waals surface area contributed by atoms with Crippen molar-refractivity contribution in [2.24, 2.45) is 0 Å². The molecule has 1 heterocycles. The molecule has 8 heteroatoms. The van der Waals surface area contributed by atoms with Gasteiger partial charge in [0.25, 0.3) is 11.2 Å². The molecule has 8 nitrogen and oxygen atoms in total. The highest BCUT2D eigenvalue weighted by atomic mass is 16.6. The number of carbonyl (C=O) groups is 1. The molecule has 0 atom stereocenters. The Morgan fingerprint density at radius 2 is 2.00 bits per heavy atom. The lowest BCUT2D eigenvalue weighted by molar-refractivity contribution is -0.384. The molecule has 0 saturated heterocycles. The van der Waals surface area contributed by atoms with E-state index in [4.69, 9.17) is 0 Å². The van der Waals surface area contributed by atoms with Crippen molar-refractivity contribution >= 4 is 22.5 Å². The largest absolute Gasteiger partial charge is 0.334 e. The number of nitro groups is 1. The zero-order valence-corrected chi connectivity index (χ0v) is 12.9. The molecule has 0 unspecified atom stereocenters. The summed E-state index contributed by atoms with van der Waals surface area (Å²) in [5.41, 5.74) is -0.372. The fourth-order valence-corrected chi connectivity index (χ4v) is 2.21. The van der Waals surface area contributed by atoms with Crippen molar-refractivity contribution in [2.45, 2.75) is 6.54 Å². The molecule has 2 rings (SSSR count). The SMILES string of the molecule is C=CCN(CC=C)C(=O)Cn1cnc2ccc([N+](=O)[O-])cc2c1=O. The highest BCUT2D eigenvalue weighted by molar-refractivity contribution is 5.81. The second-order valence-electron chi connectivity index (χ2n) is 5.01. The summed E-state index contributed by atoms with van der Waals surface area (Å²) in [5.74, 6) is -0.302. The van der Waals surface area contributed by atoms with Crippen molar-refractivity contribution in [1.29, 1.82) is 0 Å². The monoisotopic (exact) mass is 328 g/mol. The van der Waals surface area contributed by atoms with Gasteiger partial charge < -0.3 is 4.90 Å². The van der Waals surface area contributed by atoms with E-state index in [1.54, 1.807) is 12.2 Å². The van der Waals surface area contributed by atoms with Crippen LogP contribution in [0.15, 0.2) is 54.6 Å². The van der Waals surface area contributed by atoms with E-state index < -0.39 is 10.5 Å². The van der Waals surface area contributed by atoms with Crippen molar-refractivity contribution in [3.63, 3.8) is 0 Å². The summed E-state index contributed by atoms with van der Waals surface area (Å²) in [6.45, 7) is 7.60. The van der Waals surface area contributed by atoms with Crippen LogP contribution in [-0.4, -0.2) is 38.4 Å². The lowest BCUT2D eigenvalue weighted by atomic mass is 10.2. The van der Waals surface area contributed by atoms with E-state index >= 15 is 0 Å². The zero-order valence-electron chi connectivity index (χ0n) is 12.9. The molecule has 24 heavy (non-hydrogen) atoms. The summed E-state index contributed by atoms with van der Waals surface area (Å²) in [6, 6.07) is 3.85. The van der Waals surface area contributed by atoms with Crippen molar-refractivity contribution in [2.75, 3.05) is 13.1 Å². The van der Waals surface area contributed by atoms with Crippen LogP contribution in [0, 0.1) is 10.1 Å². The Balaban J connectivity index is 2.38. The summed E-state index contributed by atoms with van der Waals surface area (Å²) in [4.78, 5) is 40.6. The van der Waals surface area contributed by atoms with E-state index in [1.807, 2.05) is 0 Å². The normalized spacial score (nSPS) is 10.3. The van der Waals surface area contributed by atoms with Crippen LogP contribution in [0.25, 0.3) is 10.9 Å². The average molecular weight is 328 g/mol. The fraction of sp³-hybridized carbons (Fsp3) is 0.188. The number of aromatic nitrogens is 2. The topological polar surface area (TPSA) is 98.3 Å². The summed E-state index contributed by atoms with van der Waals surface area (Å²) in [6.07, 6.45) is 4.41. The summed E-state index contributed by atoms with van der Waals surface area (Å²) < 4.78 is 1.13. The molecule has 0 aliphatic carbocycles. The highest BCUT2D eigenvalue weighted by Gasteiger charge is 2.15. The van der Waals surface area contributed by atoms with Gasteiger partial charge in [-0.1, -0.05) is 12.2 Å². The van der Waals surface area contributed by atoms with E-state index in [-0.39, 0.29) is 23.5 Å². The predicted molar refractivity (Wildman–Crippen MR) is 89.6 cm³/mol. The first-order chi connectivity index (χ1) is 11.5. The molecule has 0 bridgehead atoms. The Hall–Kier alpha value is -3.29. The van der Waals surface area contributed by atoms with Gasteiger partial charge in [0.2, 0.25) is 5.91 Å². The molecule has 0 saturated carbocycles. The van der Waals surface area contributed by atoms with Crippen molar-refractivity contribution < 1.29 is 9.72 Å².